The molecule has 3 aromatic rings. The number of fused-ring (bicyclic) bond motifs is 2. The van der Waals surface area contributed by atoms with E-state index >= 15 is 0 Å². The fourth-order valence-electron chi connectivity index (χ4n) is 5.00. The van der Waals surface area contributed by atoms with Crippen molar-refractivity contribution in [2.24, 2.45) is 5.92 Å². The molecule has 1 unspecified atom stereocenters. The number of phenols is 1. The van der Waals surface area contributed by atoms with Gasteiger partial charge in [0.25, 0.3) is 0 Å². The molecule has 1 aromatic heterocycles. The van der Waals surface area contributed by atoms with Crippen LogP contribution in [0.15, 0.2) is 54.6 Å². The Balaban J connectivity index is 1.88. The molecule has 4 rings (SSSR count). The number of para-hydroxylation sites is 1. The maximum Gasteiger partial charge on any atom is 0.115 e. The first-order valence-corrected chi connectivity index (χ1v) is 9.83. The predicted octanol–water partition coefficient (Wildman–Crippen LogP) is 5.80. The molecule has 1 aliphatic carbocycles. The Morgan fingerprint density at radius 2 is 1.92 bits per heavy atom. The highest BCUT2D eigenvalue weighted by molar-refractivity contribution is 5.79. The number of hydrogen-bond acceptors (Lipinski definition) is 2. The van der Waals surface area contributed by atoms with Crippen molar-refractivity contribution in [2.45, 2.75) is 51.4 Å². The zero-order valence-corrected chi connectivity index (χ0v) is 15.7. The summed E-state index contributed by atoms with van der Waals surface area (Å²) in [7, 11) is 0. The number of rotatable bonds is 4. The van der Waals surface area contributed by atoms with Gasteiger partial charge in [0.05, 0.1) is 5.52 Å². The van der Waals surface area contributed by atoms with Crippen LogP contribution >= 0.6 is 0 Å². The SMILES string of the molecule is CCC[C@]1(c2cccc(O)c2)Cc2nc3ccccc3cc2CC1CC. The van der Waals surface area contributed by atoms with E-state index in [9.17, 15) is 5.11 Å². The Labute approximate surface area is 155 Å². The number of aromatic nitrogens is 1. The minimum atomic E-state index is 0.0602. The van der Waals surface area contributed by atoms with Gasteiger partial charge in [-0.05, 0) is 60.6 Å². The van der Waals surface area contributed by atoms with E-state index in [0.29, 0.717) is 11.7 Å². The molecule has 134 valence electrons. The molecule has 0 saturated carbocycles. The maximum atomic E-state index is 10.1. The Morgan fingerprint density at radius 3 is 2.69 bits per heavy atom. The van der Waals surface area contributed by atoms with Crippen LogP contribution in [-0.2, 0) is 18.3 Å². The van der Waals surface area contributed by atoms with Gasteiger partial charge in [0.15, 0.2) is 0 Å². The van der Waals surface area contributed by atoms with Crippen LogP contribution in [0.3, 0.4) is 0 Å². The molecule has 0 bridgehead atoms. The van der Waals surface area contributed by atoms with Gasteiger partial charge in [-0.1, -0.05) is 57.0 Å². The fourth-order valence-corrected chi connectivity index (χ4v) is 5.00. The molecular formula is C24H27NO. The monoisotopic (exact) mass is 345 g/mol. The van der Waals surface area contributed by atoms with Crippen molar-refractivity contribution in [3.05, 3.63) is 71.4 Å². The molecule has 0 saturated heterocycles. The van der Waals surface area contributed by atoms with E-state index in [1.807, 2.05) is 12.1 Å². The van der Waals surface area contributed by atoms with Crippen LogP contribution in [0.25, 0.3) is 10.9 Å². The van der Waals surface area contributed by atoms with E-state index in [2.05, 4.69) is 50.2 Å². The van der Waals surface area contributed by atoms with Gasteiger partial charge in [0, 0.05) is 16.5 Å². The normalized spacial score (nSPS) is 22.3. The van der Waals surface area contributed by atoms with E-state index in [0.717, 1.165) is 37.6 Å². The second-order valence-electron chi connectivity index (χ2n) is 7.73. The Hall–Kier alpha value is -2.35. The van der Waals surface area contributed by atoms with E-state index in [-0.39, 0.29) is 5.41 Å². The van der Waals surface area contributed by atoms with Gasteiger partial charge in [0.1, 0.15) is 5.75 Å². The molecule has 2 atom stereocenters. The van der Waals surface area contributed by atoms with Crippen molar-refractivity contribution in [2.75, 3.05) is 0 Å². The minimum absolute atomic E-state index is 0.0602. The molecule has 1 aliphatic rings. The summed E-state index contributed by atoms with van der Waals surface area (Å²) >= 11 is 0. The first-order valence-electron chi connectivity index (χ1n) is 9.83. The van der Waals surface area contributed by atoms with Gasteiger partial charge in [-0.2, -0.15) is 0 Å². The second kappa shape index (κ2) is 6.75. The molecule has 26 heavy (non-hydrogen) atoms. The molecule has 0 aliphatic heterocycles. The lowest BCUT2D eigenvalue weighted by Crippen LogP contribution is -2.42. The third-order valence-corrected chi connectivity index (χ3v) is 6.23. The van der Waals surface area contributed by atoms with Crippen molar-refractivity contribution in [3.63, 3.8) is 0 Å². The Bertz CT molecular complexity index is 932. The third kappa shape index (κ3) is 2.78. The van der Waals surface area contributed by atoms with Crippen LogP contribution in [0.1, 0.15) is 49.9 Å². The lowest BCUT2D eigenvalue weighted by Gasteiger charge is -2.45. The van der Waals surface area contributed by atoms with E-state index < -0.39 is 0 Å². The highest BCUT2D eigenvalue weighted by atomic mass is 16.3. The fraction of sp³-hybridized carbons (Fsp3) is 0.375. The quantitative estimate of drug-likeness (QED) is 0.648. The average molecular weight is 345 g/mol. The first kappa shape index (κ1) is 17.1. The van der Waals surface area contributed by atoms with E-state index in [4.69, 9.17) is 4.98 Å². The number of phenolic OH excluding ortho intramolecular Hbond substituents is 1. The van der Waals surface area contributed by atoms with Crippen LogP contribution in [0.5, 0.6) is 5.75 Å². The summed E-state index contributed by atoms with van der Waals surface area (Å²) < 4.78 is 0. The summed E-state index contributed by atoms with van der Waals surface area (Å²) in [6, 6.07) is 18.7. The van der Waals surface area contributed by atoms with E-state index in [1.54, 1.807) is 6.07 Å². The van der Waals surface area contributed by atoms with Crippen LogP contribution in [-0.4, -0.2) is 10.1 Å². The summed E-state index contributed by atoms with van der Waals surface area (Å²) in [5, 5.41) is 11.3. The largest absolute Gasteiger partial charge is 0.508 e. The van der Waals surface area contributed by atoms with Crippen molar-refractivity contribution in [1.82, 2.24) is 4.98 Å². The van der Waals surface area contributed by atoms with Crippen molar-refractivity contribution in [1.29, 1.82) is 0 Å². The number of pyridine rings is 1. The molecule has 2 aromatic carbocycles. The minimum Gasteiger partial charge on any atom is -0.508 e. The number of aromatic hydroxyl groups is 1. The van der Waals surface area contributed by atoms with E-state index in [1.165, 1.54) is 22.2 Å². The molecule has 2 nitrogen and oxygen atoms in total. The lowest BCUT2D eigenvalue weighted by atomic mass is 9.59. The summed E-state index contributed by atoms with van der Waals surface area (Å²) in [5.74, 6) is 0.935. The molecule has 1 N–H and O–H groups in total. The third-order valence-electron chi connectivity index (χ3n) is 6.23. The molecule has 1 heterocycles. The lowest BCUT2D eigenvalue weighted by molar-refractivity contribution is 0.215. The summed E-state index contributed by atoms with van der Waals surface area (Å²) in [4.78, 5) is 5.05. The Morgan fingerprint density at radius 1 is 1.08 bits per heavy atom. The van der Waals surface area contributed by atoms with Gasteiger partial charge in [-0.15, -0.1) is 0 Å². The Kier molecular flexibility index (Phi) is 4.44. The standard InChI is InChI=1S/C24H27NO/c1-3-12-24(20-9-7-10-21(26)15-20)16-23-18(14-19(24)4-2)13-17-8-5-6-11-22(17)25-23/h5-11,13,15,19,26H,3-4,12,14,16H2,1-2H3/t19?,24-/m0/s1. The van der Waals surface area contributed by atoms with Crippen molar-refractivity contribution < 1.29 is 5.11 Å². The zero-order chi connectivity index (χ0) is 18.1. The molecule has 0 fully saturated rings. The van der Waals surface area contributed by atoms with Crippen molar-refractivity contribution >= 4 is 10.9 Å². The van der Waals surface area contributed by atoms with Gasteiger partial charge in [-0.3, -0.25) is 4.98 Å². The number of nitrogens with zero attached hydrogens (tertiary/aromatic N) is 1. The predicted molar refractivity (Wildman–Crippen MR) is 108 cm³/mol. The van der Waals surface area contributed by atoms with Gasteiger partial charge >= 0.3 is 0 Å². The summed E-state index contributed by atoms with van der Waals surface area (Å²) in [5.41, 5.74) is 5.06. The second-order valence-corrected chi connectivity index (χ2v) is 7.73. The summed E-state index contributed by atoms with van der Waals surface area (Å²) in [6.07, 6.45) is 5.43. The van der Waals surface area contributed by atoms with Crippen LogP contribution in [0, 0.1) is 5.92 Å². The van der Waals surface area contributed by atoms with Crippen LogP contribution in [0.2, 0.25) is 0 Å². The van der Waals surface area contributed by atoms with Crippen molar-refractivity contribution in [3.8, 4) is 5.75 Å². The first-order chi connectivity index (χ1) is 12.7. The zero-order valence-electron chi connectivity index (χ0n) is 15.7. The van der Waals surface area contributed by atoms with Crippen LogP contribution < -0.4 is 0 Å². The average Bonchev–Trinajstić information content (AvgIpc) is 2.66. The maximum absolute atomic E-state index is 10.1. The highest BCUT2D eigenvalue weighted by Crippen LogP contribution is 2.47. The van der Waals surface area contributed by atoms with Crippen LogP contribution in [0.4, 0.5) is 0 Å². The highest BCUT2D eigenvalue weighted by Gasteiger charge is 2.43. The smallest absolute Gasteiger partial charge is 0.115 e. The molecular weight excluding hydrogens is 318 g/mol. The molecule has 0 amide bonds. The number of benzene rings is 2. The number of hydrogen-bond donors (Lipinski definition) is 1. The molecule has 0 radical (unpaired) electrons. The van der Waals surface area contributed by atoms with Gasteiger partial charge < -0.3 is 5.11 Å². The van der Waals surface area contributed by atoms with Gasteiger partial charge in [-0.25, -0.2) is 0 Å². The van der Waals surface area contributed by atoms with Gasteiger partial charge in [0.2, 0.25) is 0 Å². The molecule has 2 heteroatoms. The topological polar surface area (TPSA) is 33.1 Å². The molecule has 0 spiro atoms. The summed E-state index contributed by atoms with van der Waals surface area (Å²) in [6.45, 7) is 4.57.